The Bertz CT molecular complexity index is 373. The van der Waals surface area contributed by atoms with Gasteiger partial charge in [0.2, 0.25) is 0 Å². The Labute approximate surface area is 120 Å². The first-order chi connectivity index (χ1) is 8.91. The summed E-state index contributed by atoms with van der Waals surface area (Å²) in [6, 6.07) is 5.24. The molecule has 108 valence electrons. The van der Waals surface area contributed by atoms with Crippen molar-refractivity contribution < 1.29 is 4.39 Å². The van der Waals surface area contributed by atoms with Crippen molar-refractivity contribution in [3.8, 4) is 0 Å². The molecule has 1 aromatic carbocycles. The van der Waals surface area contributed by atoms with E-state index in [1.54, 1.807) is 12.1 Å². The van der Waals surface area contributed by atoms with Crippen LogP contribution in [0.1, 0.15) is 25.8 Å². The average Bonchev–Trinajstić information content (AvgIpc) is 2.30. The van der Waals surface area contributed by atoms with E-state index in [2.05, 4.69) is 38.2 Å². The monoisotopic (exact) mass is 286 g/mol. The van der Waals surface area contributed by atoms with E-state index in [-0.39, 0.29) is 5.82 Å². The van der Waals surface area contributed by atoms with Gasteiger partial charge in [0.25, 0.3) is 0 Å². The summed E-state index contributed by atoms with van der Waals surface area (Å²) in [7, 11) is 4.15. The van der Waals surface area contributed by atoms with E-state index in [1.165, 1.54) is 6.07 Å². The number of nitrogens with one attached hydrogen (secondary N) is 1. The van der Waals surface area contributed by atoms with Crippen molar-refractivity contribution in [2.45, 2.75) is 32.9 Å². The first-order valence-electron chi connectivity index (χ1n) is 6.71. The third-order valence-corrected chi connectivity index (χ3v) is 3.57. The molecular weight excluding hydrogens is 263 g/mol. The average molecular weight is 287 g/mol. The standard InChI is InChI=1S/C15H24ClFN2/c1-11(2)8-12(19(3)4)9-18-10-13-14(16)6-5-7-15(13)17/h5-7,11-12,18H,8-10H2,1-4H3/t12-/m0/s1. The van der Waals surface area contributed by atoms with Gasteiger partial charge < -0.3 is 10.2 Å². The van der Waals surface area contributed by atoms with Gasteiger partial charge in [-0.15, -0.1) is 0 Å². The molecule has 0 aliphatic rings. The molecule has 4 heteroatoms. The van der Waals surface area contributed by atoms with Crippen molar-refractivity contribution in [2.24, 2.45) is 5.92 Å². The molecule has 1 aromatic rings. The third-order valence-electron chi connectivity index (χ3n) is 3.22. The van der Waals surface area contributed by atoms with Gasteiger partial charge in [-0.05, 0) is 38.6 Å². The van der Waals surface area contributed by atoms with Crippen LogP contribution >= 0.6 is 11.6 Å². The molecule has 2 nitrogen and oxygen atoms in total. The molecule has 0 heterocycles. The highest BCUT2D eigenvalue weighted by atomic mass is 35.5. The van der Waals surface area contributed by atoms with E-state index < -0.39 is 0 Å². The van der Waals surface area contributed by atoms with Gasteiger partial charge in [-0.1, -0.05) is 31.5 Å². The molecule has 19 heavy (non-hydrogen) atoms. The van der Waals surface area contributed by atoms with Gasteiger partial charge in [0.15, 0.2) is 0 Å². The maximum atomic E-state index is 13.6. The molecule has 0 aliphatic carbocycles. The summed E-state index contributed by atoms with van der Waals surface area (Å²) in [6.45, 7) is 5.72. The van der Waals surface area contributed by atoms with Crippen LogP contribution in [0.15, 0.2) is 18.2 Å². The van der Waals surface area contributed by atoms with Gasteiger partial charge in [-0.25, -0.2) is 4.39 Å². The Morgan fingerprint density at radius 1 is 1.32 bits per heavy atom. The smallest absolute Gasteiger partial charge is 0.129 e. The third kappa shape index (κ3) is 5.47. The maximum absolute atomic E-state index is 13.6. The van der Waals surface area contributed by atoms with E-state index in [4.69, 9.17) is 11.6 Å². The quantitative estimate of drug-likeness (QED) is 0.825. The highest BCUT2D eigenvalue weighted by molar-refractivity contribution is 6.31. The van der Waals surface area contributed by atoms with Crippen molar-refractivity contribution in [1.29, 1.82) is 0 Å². The zero-order chi connectivity index (χ0) is 14.4. The Hall–Kier alpha value is -0.640. The van der Waals surface area contributed by atoms with Crippen LogP contribution in [0.5, 0.6) is 0 Å². The Kier molecular flexibility index (Phi) is 6.76. The summed E-state index contributed by atoms with van der Waals surface area (Å²) in [5.74, 6) is 0.400. The van der Waals surface area contributed by atoms with Gasteiger partial charge >= 0.3 is 0 Å². The maximum Gasteiger partial charge on any atom is 0.129 e. The summed E-state index contributed by atoms with van der Waals surface area (Å²) in [5.41, 5.74) is 0.547. The molecule has 0 radical (unpaired) electrons. The molecule has 0 aliphatic heterocycles. The van der Waals surface area contributed by atoms with Gasteiger partial charge in [0.1, 0.15) is 5.82 Å². The zero-order valence-electron chi connectivity index (χ0n) is 12.2. The van der Waals surface area contributed by atoms with E-state index in [0.717, 1.165) is 13.0 Å². The highest BCUT2D eigenvalue weighted by Crippen LogP contribution is 2.18. The Morgan fingerprint density at radius 3 is 2.53 bits per heavy atom. The molecule has 0 bridgehead atoms. The fourth-order valence-corrected chi connectivity index (χ4v) is 2.32. The molecule has 0 unspecified atom stereocenters. The molecule has 0 aromatic heterocycles. The fourth-order valence-electron chi connectivity index (χ4n) is 2.09. The lowest BCUT2D eigenvalue weighted by Crippen LogP contribution is -2.38. The van der Waals surface area contributed by atoms with Crippen LogP contribution in [0.3, 0.4) is 0 Å². The van der Waals surface area contributed by atoms with E-state index in [0.29, 0.717) is 29.1 Å². The summed E-state index contributed by atoms with van der Waals surface area (Å²) >= 11 is 6.00. The summed E-state index contributed by atoms with van der Waals surface area (Å²) in [5, 5.41) is 3.79. The van der Waals surface area contributed by atoms with Crippen molar-refractivity contribution in [1.82, 2.24) is 10.2 Å². The molecule has 0 saturated carbocycles. The van der Waals surface area contributed by atoms with E-state index in [9.17, 15) is 4.39 Å². The van der Waals surface area contributed by atoms with Crippen LogP contribution in [-0.2, 0) is 6.54 Å². The lowest BCUT2D eigenvalue weighted by molar-refractivity contribution is 0.246. The van der Waals surface area contributed by atoms with Crippen LogP contribution < -0.4 is 5.32 Å². The predicted octanol–water partition coefficient (Wildman–Crippen LogP) is 3.55. The second-order valence-corrected chi connectivity index (χ2v) is 5.99. The number of hydrogen-bond donors (Lipinski definition) is 1. The molecule has 1 rings (SSSR count). The lowest BCUT2D eigenvalue weighted by atomic mass is 10.0. The lowest BCUT2D eigenvalue weighted by Gasteiger charge is -2.26. The SMILES string of the molecule is CC(C)C[C@@H](CNCc1c(F)cccc1Cl)N(C)C. The predicted molar refractivity (Wildman–Crippen MR) is 80.0 cm³/mol. The van der Waals surface area contributed by atoms with Crippen LogP contribution in [0, 0.1) is 11.7 Å². The second kappa shape index (κ2) is 7.83. The van der Waals surface area contributed by atoms with Gasteiger partial charge in [0.05, 0.1) is 0 Å². The van der Waals surface area contributed by atoms with E-state index in [1.807, 2.05) is 0 Å². The first kappa shape index (κ1) is 16.4. The molecule has 1 atom stereocenters. The summed E-state index contributed by atoms with van der Waals surface area (Å²) in [4.78, 5) is 2.20. The van der Waals surface area contributed by atoms with Crippen molar-refractivity contribution in [2.75, 3.05) is 20.6 Å². The van der Waals surface area contributed by atoms with Crippen LogP contribution in [0.25, 0.3) is 0 Å². The summed E-state index contributed by atoms with van der Waals surface area (Å²) in [6.07, 6.45) is 1.12. The molecule has 0 amide bonds. The molecule has 0 spiro atoms. The van der Waals surface area contributed by atoms with Gasteiger partial charge in [-0.2, -0.15) is 0 Å². The minimum Gasteiger partial charge on any atom is -0.311 e. The Morgan fingerprint density at radius 2 is 2.00 bits per heavy atom. The highest BCUT2D eigenvalue weighted by Gasteiger charge is 2.13. The number of hydrogen-bond acceptors (Lipinski definition) is 2. The minimum atomic E-state index is -0.245. The fraction of sp³-hybridized carbons (Fsp3) is 0.600. The van der Waals surface area contributed by atoms with Crippen molar-refractivity contribution >= 4 is 11.6 Å². The van der Waals surface area contributed by atoms with Gasteiger partial charge in [0, 0.05) is 29.7 Å². The number of benzene rings is 1. The van der Waals surface area contributed by atoms with Crippen molar-refractivity contribution in [3.05, 3.63) is 34.6 Å². The first-order valence-corrected chi connectivity index (χ1v) is 7.09. The summed E-state index contributed by atoms with van der Waals surface area (Å²) < 4.78 is 13.6. The normalized spacial score (nSPS) is 13.3. The van der Waals surface area contributed by atoms with Gasteiger partial charge in [-0.3, -0.25) is 0 Å². The zero-order valence-corrected chi connectivity index (χ0v) is 13.0. The van der Waals surface area contributed by atoms with Crippen LogP contribution in [-0.4, -0.2) is 31.6 Å². The largest absolute Gasteiger partial charge is 0.311 e. The molecule has 0 saturated heterocycles. The van der Waals surface area contributed by atoms with Crippen LogP contribution in [0.2, 0.25) is 5.02 Å². The van der Waals surface area contributed by atoms with E-state index >= 15 is 0 Å². The minimum absolute atomic E-state index is 0.245. The second-order valence-electron chi connectivity index (χ2n) is 5.58. The Balaban J connectivity index is 2.52. The van der Waals surface area contributed by atoms with Crippen molar-refractivity contribution in [3.63, 3.8) is 0 Å². The van der Waals surface area contributed by atoms with Crippen LogP contribution in [0.4, 0.5) is 4.39 Å². The number of likely N-dealkylation sites (N-methyl/N-ethyl adjacent to an activating group) is 1. The molecule has 1 N–H and O–H groups in total. The number of halogens is 2. The number of rotatable bonds is 7. The molecule has 0 fully saturated rings. The topological polar surface area (TPSA) is 15.3 Å². The number of nitrogens with zero attached hydrogens (tertiary/aromatic N) is 1. The molecular formula is C15H24ClFN2.